The van der Waals surface area contributed by atoms with E-state index in [1.54, 1.807) is 0 Å². The third kappa shape index (κ3) is 2.35. The molecule has 4 aliphatic rings. The Balaban J connectivity index is 1.50. The highest BCUT2D eigenvalue weighted by molar-refractivity contribution is 8.02. The van der Waals surface area contributed by atoms with Crippen LogP contribution in [-0.4, -0.2) is 46.8 Å². The lowest BCUT2D eigenvalue weighted by molar-refractivity contribution is -0.131. The van der Waals surface area contributed by atoms with Crippen molar-refractivity contribution in [3.8, 4) is 0 Å². The molecule has 5 heteroatoms. The molecule has 0 bridgehead atoms. The summed E-state index contributed by atoms with van der Waals surface area (Å²) in [4.78, 5) is 17.5. The van der Waals surface area contributed by atoms with Gasteiger partial charge in [-0.3, -0.25) is 15.2 Å². The summed E-state index contributed by atoms with van der Waals surface area (Å²) in [6, 6.07) is 0. The third-order valence-corrected chi connectivity index (χ3v) is 6.98. The zero-order valence-corrected chi connectivity index (χ0v) is 13.6. The first kappa shape index (κ1) is 14.5. The van der Waals surface area contributed by atoms with Crippen molar-refractivity contribution >= 4 is 23.4 Å². The van der Waals surface area contributed by atoms with Crippen molar-refractivity contribution in [2.24, 2.45) is 16.8 Å². The van der Waals surface area contributed by atoms with E-state index in [2.05, 4.69) is 34.7 Å². The molecule has 1 spiro atoms. The van der Waals surface area contributed by atoms with E-state index >= 15 is 0 Å². The minimum Gasteiger partial charge on any atom is -0.289 e. The molecule has 22 heavy (non-hydrogen) atoms. The normalized spacial score (nSPS) is 37.4. The number of nitrogens with zero attached hydrogens (tertiary/aromatic N) is 2. The standard InChI is InChI=1S/C17H23N3OS/c21-16(19-20-10-4-1-5-11-20)13-12-22-17-8-3-2-6-15(17)18-9-7-14(13)17/h2-3,6,8,13-14H,1,4-5,7,9-12H2,(H,19,21). The van der Waals surface area contributed by atoms with Crippen molar-refractivity contribution < 1.29 is 4.79 Å². The van der Waals surface area contributed by atoms with Gasteiger partial charge in [0, 0.05) is 25.4 Å². The molecule has 3 atom stereocenters. The highest BCUT2D eigenvalue weighted by Gasteiger charge is 2.54. The first-order valence-electron chi connectivity index (χ1n) is 8.40. The summed E-state index contributed by atoms with van der Waals surface area (Å²) in [5.41, 5.74) is 4.36. The number of hydrogen-bond donors (Lipinski definition) is 1. The Morgan fingerprint density at radius 1 is 1.32 bits per heavy atom. The Labute approximate surface area is 136 Å². The van der Waals surface area contributed by atoms with E-state index in [4.69, 9.17) is 4.99 Å². The maximum Gasteiger partial charge on any atom is 0.238 e. The van der Waals surface area contributed by atoms with E-state index in [9.17, 15) is 4.79 Å². The molecule has 4 rings (SSSR count). The van der Waals surface area contributed by atoms with Crippen LogP contribution in [0.3, 0.4) is 0 Å². The van der Waals surface area contributed by atoms with Crippen molar-refractivity contribution in [3.63, 3.8) is 0 Å². The van der Waals surface area contributed by atoms with Gasteiger partial charge in [-0.25, -0.2) is 5.01 Å². The van der Waals surface area contributed by atoms with Gasteiger partial charge in [-0.1, -0.05) is 24.6 Å². The second kappa shape index (κ2) is 5.85. The summed E-state index contributed by atoms with van der Waals surface area (Å²) < 4.78 is -0.0447. The maximum absolute atomic E-state index is 12.8. The second-order valence-corrected chi connectivity index (χ2v) is 7.91. The van der Waals surface area contributed by atoms with Crippen LogP contribution < -0.4 is 5.43 Å². The van der Waals surface area contributed by atoms with Gasteiger partial charge >= 0.3 is 0 Å². The Bertz CT molecular complexity index is 550. The lowest BCUT2D eigenvalue weighted by atomic mass is 9.74. The number of hydrogen-bond acceptors (Lipinski definition) is 4. The average Bonchev–Trinajstić information content (AvgIpc) is 2.93. The van der Waals surface area contributed by atoms with Crippen LogP contribution in [0.5, 0.6) is 0 Å². The molecule has 2 saturated heterocycles. The molecule has 118 valence electrons. The topological polar surface area (TPSA) is 44.7 Å². The van der Waals surface area contributed by atoms with Crippen LogP contribution in [0.4, 0.5) is 0 Å². The predicted octanol–water partition coefficient (Wildman–Crippen LogP) is 2.19. The Morgan fingerprint density at radius 2 is 2.18 bits per heavy atom. The number of aliphatic imine (C=N–C) groups is 1. The Hall–Kier alpha value is -1.07. The first-order chi connectivity index (χ1) is 10.8. The fourth-order valence-electron chi connectivity index (χ4n) is 4.17. The summed E-state index contributed by atoms with van der Waals surface area (Å²) in [5, 5.41) is 2.12. The minimum atomic E-state index is -0.0447. The van der Waals surface area contributed by atoms with Gasteiger partial charge in [0.15, 0.2) is 0 Å². The summed E-state index contributed by atoms with van der Waals surface area (Å²) in [6.45, 7) is 2.85. The number of rotatable bonds is 2. The summed E-state index contributed by atoms with van der Waals surface area (Å²) in [6.07, 6.45) is 13.3. The van der Waals surface area contributed by atoms with Crippen LogP contribution in [0.25, 0.3) is 0 Å². The monoisotopic (exact) mass is 317 g/mol. The molecular weight excluding hydrogens is 294 g/mol. The molecule has 3 aliphatic heterocycles. The fraction of sp³-hybridized carbons (Fsp3) is 0.647. The molecule has 3 unspecified atom stereocenters. The van der Waals surface area contributed by atoms with Crippen molar-refractivity contribution in [3.05, 3.63) is 24.3 Å². The van der Waals surface area contributed by atoms with Gasteiger partial charge in [-0.2, -0.15) is 0 Å². The number of hydrazine groups is 1. The van der Waals surface area contributed by atoms with E-state index in [0.29, 0.717) is 5.92 Å². The van der Waals surface area contributed by atoms with Crippen LogP contribution in [0.2, 0.25) is 0 Å². The van der Waals surface area contributed by atoms with Gasteiger partial charge in [0.2, 0.25) is 5.91 Å². The molecule has 0 aromatic rings. The van der Waals surface area contributed by atoms with Crippen molar-refractivity contribution in [1.82, 2.24) is 10.4 Å². The molecule has 3 heterocycles. The number of nitrogens with one attached hydrogen (secondary N) is 1. The first-order valence-corrected chi connectivity index (χ1v) is 9.38. The van der Waals surface area contributed by atoms with Crippen molar-refractivity contribution in [2.45, 2.75) is 30.4 Å². The highest BCUT2D eigenvalue weighted by Crippen LogP contribution is 2.52. The quantitative estimate of drug-likeness (QED) is 0.849. The molecule has 0 saturated carbocycles. The Morgan fingerprint density at radius 3 is 3.05 bits per heavy atom. The molecule has 4 nitrogen and oxygen atoms in total. The number of piperidine rings is 1. The Kier molecular flexibility index (Phi) is 3.86. The minimum absolute atomic E-state index is 0.0447. The van der Waals surface area contributed by atoms with Gasteiger partial charge in [0.1, 0.15) is 0 Å². The fourth-order valence-corrected chi connectivity index (χ4v) is 5.96. The number of carbonyl (C=O) groups excluding carboxylic acids is 1. The average molecular weight is 317 g/mol. The van der Waals surface area contributed by atoms with Crippen molar-refractivity contribution in [1.29, 1.82) is 0 Å². The van der Waals surface area contributed by atoms with E-state index in [1.165, 1.54) is 25.0 Å². The van der Waals surface area contributed by atoms with E-state index in [1.807, 2.05) is 11.8 Å². The van der Waals surface area contributed by atoms with Crippen molar-refractivity contribution in [2.75, 3.05) is 25.4 Å². The van der Waals surface area contributed by atoms with Gasteiger partial charge in [-0.05, 0) is 31.3 Å². The van der Waals surface area contributed by atoms with E-state index in [0.717, 1.165) is 31.8 Å². The number of allylic oxidation sites excluding steroid dienone is 3. The molecule has 1 N–H and O–H groups in total. The molecular formula is C17H23N3OS. The molecule has 0 aromatic heterocycles. The molecule has 0 aromatic carbocycles. The molecule has 2 fully saturated rings. The molecule has 1 amide bonds. The summed E-state index contributed by atoms with van der Waals surface area (Å²) in [5.74, 6) is 1.62. The van der Waals surface area contributed by atoms with Gasteiger partial charge in [0.05, 0.1) is 16.4 Å². The highest BCUT2D eigenvalue weighted by atomic mass is 32.2. The predicted molar refractivity (Wildman–Crippen MR) is 90.9 cm³/mol. The van der Waals surface area contributed by atoms with Gasteiger partial charge < -0.3 is 0 Å². The number of thioether (sulfide) groups is 1. The molecule has 0 radical (unpaired) electrons. The van der Waals surface area contributed by atoms with Crippen LogP contribution >= 0.6 is 11.8 Å². The van der Waals surface area contributed by atoms with Gasteiger partial charge in [-0.15, -0.1) is 11.8 Å². The largest absolute Gasteiger partial charge is 0.289 e. The SMILES string of the molecule is O=C(NN1CCCCC1)C1CSC23C=CC=CC2=NCCC13. The lowest BCUT2D eigenvalue weighted by Crippen LogP contribution is -2.51. The third-order valence-electron chi connectivity index (χ3n) is 5.33. The van der Waals surface area contributed by atoms with Crippen LogP contribution in [-0.2, 0) is 4.79 Å². The van der Waals surface area contributed by atoms with E-state index in [-0.39, 0.29) is 16.6 Å². The summed E-state index contributed by atoms with van der Waals surface area (Å²) in [7, 11) is 0. The van der Waals surface area contributed by atoms with Gasteiger partial charge in [0.25, 0.3) is 0 Å². The number of amides is 1. The zero-order valence-electron chi connectivity index (χ0n) is 12.8. The number of carbonyl (C=O) groups is 1. The maximum atomic E-state index is 12.8. The second-order valence-electron chi connectivity index (χ2n) is 6.61. The molecule has 1 aliphatic carbocycles. The summed E-state index contributed by atoms with van der Waals surface area (Å²) >= 11 is 1.91. The zero-order chi connectivity index (χ0) is 15.0. The lowest BCUT2D eigenvalue weighted by Gasteiger charge is -2.38. The van der Waals surface area contributed by atoms with Crippen LogP contribution in [0, 0.1) is 11.8 Å². The van der Waals surface area contributed by atoms with Crippen LogP contribution in [0.1, 0.15) is 25.7 Å². The smallest absolute Gasteiger partial charge is 0.238 e. The van der Waals surface area contributed by atoms with E-state index < -0.39 is 0 Å². The van der Waals surface area contributed by atoms with Crippen LogP contribution in [0.15, 0.2) is 29.3 Å².